The molecule has 0 aromatic rings. The molecule has 0 radical (unpaired) electrons. The van der Waals surface area contributed by atoms with Crippen molar-refractivity contribution in [3.8, 4) is 0 Å². The summed E-state index contributed by atoms with van der Waals surface area (Å²) in [6.07, 6.45) is -0.717. The van der Waals surface area contributed by atoms with Crippen molar-refractivity contribution in [1.82, 2.24) is 0 Å². The van der Waals surface area contributed by atoms with Gasteiger partial charge >= 0.3 is 0 Å². The fourth-order valence-electron chi connectivity index (χ4n) is 0.263. The van der Waals surface area contributed by atoms with Crippen molar-refractivity contribution in [1.29, 1.82) is 0 Å². The lowest BCUT2D eigenvalue weighted by atomic mass is 10.4. The number of phosphoric ester groups is 1. The predicted molar refractivity (Wildman–Crippen MR) is 27.2 cm³/mol. The summed E-state index contributed by atoms with van der Waals surface area (Å²) in [7, 11) is -4.82. The van der Waals surface area contributed by atoms with Crippen LogP contribution in [0.1, 0.15) is 6.92 Å². The van der Waals surface area contributed by atoms with E-state index in [0.29, 0.717) is 0 Å². The lowest BCUT2D eigenvalue weighted by Crippen LogP contribution is -2.26. The van der Waals surface area contributed by atoms with Crippen LogP contribution < -0.4 is 15.5 Å². The minimum absolute atomic E-state index is 0.0223. The van der Waals surface area contributed by atoms with Gasteiger partial charge in [0.05, 0.1) is 13.9 Å². The van der Waals surface area contributed by atoms with Crippen LogP contribution in [0.5, 0.6) is 0 Å². The highest BCUT2D eigenvalue weighted by Gasteiger charge is 1.99. The second-order valence-electron chi connectivity index (χ2n) is 1.60. The molecule has 56 valence electrons. The molecule has 0 bridgehead atoms. The van der Waals surface area contributed by atoms with Crippen molar-refractivity contribution in [2.75, 3.05) is 6.54 Å². The van der Waals surface area contributed by atoms with Crippen molar-refractivity contribution in [2.24, 2.45) is 5.73 Å². The molecule has 1 unspecified atom stereocenters. The molecule has 0 amide bonds. The zero-order chi connectivity index (χ0) is 7.49. The van der Waals surface area contributed by atoms with Crippen LogP contribution in [0.4, 0.5) is 0 Å². The quantitative estimate of drug-likeness (QED) is 0.481. The van der Waals surface area contributed by atoms with Gasteiger partial charge in [0, 0.05) is 6.54 Å². The van der Waals surface area contributed by atoms with E-state index in [1.165, 1.54) is 6.92 Å². The van der Waals surface area contributed by atoms with E-state index >= 15 is 0 Å². The Labute approximate surface area is 53.1 Å². The Morgan fingerprint density at radius 2 is 2.22 bits per heavy atom. The largest absolute Gasteiger partial charge is 0.790 e. The zero-order valence-corrected chi connectivity index (χ0v) is 5.84. The molecule has 0 aliphatic heterocycles. The second-order valence-corrected chi connectivity index (χ2v) is 2.70. The molecule has 0 aromatic heterocycles. The van der Waals surface area contributed by atoms with Crippen LogP contribution in [0.2, 0.25) is 0 Å². The first-order valence-corrected chi connectivity index (χ1v) is 3.82. The topological polar surface area (TPSA) is 98.4 Å². The molecule has 2 N–H and O–H groups in total. The maximum Gasteiger partial charge on any atom is 0.0721 e. The van der Waals surface area contributed by atoms with E-state index < -0.39 is 13.9 Å². The third-order valence-electron chi connectivity index (χ3n) is 0.641. The van der Waals surface area contributed by atoms with E-state index in [4.69, 9.17) is 5.73 Å². The Morgan fingerprint density at radius 1 is 1.78 bits per heavy atom. The van der Waals surface area contributed by atoms with Crippen molar-refractivity contribution in [3.05, 3.63) is 0 Å². The molecule has 1 atom stereocenters. The molecule has 0 aromatic carbocycles. The second kappa shape index (κ2) is 3.29. The fraction of sp³-hybridized carbons (Fsp3) is 1.00. The minimum Gasteiger partial charge on any atom is -0.790 e. The smallest absolute Gasteiger partial charge is 0.0721 e. The Bertz CT molecular complexity index is 121. The molecule has 9 heavy (non-hydrogen) atoms. The van der Waals surface area contributed by atoms with Crippen LogP contribution in [0.3, 0.4) is 0 Å². The normalized spacial score (nSPS) is 15.6. The first-order valence-electron chi connectivity index (χ1n) is 2.36. The van der Waals surface area contributed by atoms with Gasteiger partial charge in [-0.1, -0.05) is 0 Å². The van der Waals surface area contributed by atoms with E-state index in [1.54, 1.807) is 0 Å². The minimum atomic E-state index is -4.82. The molecular weight excluding hydrogens is 145 g/mol. The molecule has 0 spiro atoms. The van der Waals surface area contributed by atoms with Gasteiger partial charge in [0.2, 0.25) is 0 Å². The van der Waals surface area contributed by atoms with Crippen LogP contribution >= 0.6 is 7.82 Å². The zero-order valence-electron chi connectivity index (χ0n) is 4.94. The SMILES string of the molecule is CC(CN)OP(=O)([O-])[O-]. The van der Waals surface area contributed by atoms with Gasteiger partial charge in [0.1, 0.15) is 0 Å². The number of rotatable bonds is 3. The lowest BCUT2D eigenvalue weighted by Gasteiger charge is -2.31. The van der Waals surface area contributed by atoms with E-state index in [0.717, 1.165) is 0 Å². The standard InChI is InChI=1S/C3H10NO4P/c1-3(2-4)8-9(5,6)7/h3H,2,4H2,1H3,(H2,5,6,7)/p-2. The first-order chi connectivity index (χ1) is 3.95. The monoisotopic (exact) mass is 153 g/mol. The number of phosphoric acid groups is 1. The molecule has 0 rings (SSSR count). The Morgan fingerprint density at radius 3 is 2.33 bits per heavy atom. The summed E-state index contributed by atoms with van der Waals surface area (Å²) in [5, 5.41) is 0. The number of nitrogens with two attached hydrogens (primary N) is 1. The van der Waals surface area contributed by atoms with E-state index in [2.05, 4.69) is 4.52 Å². The van der Waals surface area contributed by atoms with Crippen LogP contribution in [-0.4, -0.2) is 12.6 Å². The summed E-state index contributed by atoms with van der Waals surface area (Å²) in [5.74, 6) is 0. The maximum atomic E-state index is 9.80. The van der Waals surface area contributed by atoms with Gasteiger partial charge in [-0.3, -0.25) is 0 Å². The summed E-state index contributed by atoms with van der Waals surface area (Å²) in [6.45, 7) is 1.43. The van der Waals surface area contributed by atoms with Gasteiger partial charge in [-0.25, -0.2) is 0 Å². The molecule has 0 heterocycles. The predicted octanol–water partition coefficient (Wildman–Crippen LogP) is -1.82. The fourth-order valence-corrected chi connectivity index (χ4v) is 0.790. The summed E-state index contributed by atoms with van der Waals surface area (Å²) in [6, 6.07) is 0. The van der Waals surface area contributed by atoms with Crippen molar-refractivity contribution in [3.63, 3.8) is 0 Å². The summed E-state index contributed by atoms with van der Waals surface area (Å²) in [4.78, 5) is 19.6. The Balaban J connectivity index is 3.60. The van der Waals surface area contributed by atoms with Crippen LogP contribution in [0.25, 0.3) is 0 Å². The van der Waals surface area contributed by atoms with Crippen molar-refractivity contribution >= 4 is 7.82 Å². The third-order valence-corrected chi connectivity index (χ3v) is 1.26. The molecule has 5 nitrogen and oxygen atoms in total. The van der Waals surface area contributed by atoms with Gasteiger partial charge in [-0.2, -0.15) is 0 Å². The number of hydrogen-bond acceptors (Lipinski definition) is 5. The lowest BCUT2D eigenvalue weighted by molar-refractivity contribution is -0.344. The summed E-state index contributed by atoms with van der Waals surface area (Å²) >= 11 is 0. The highest BCUT2D eigenvalue weighted by atomic mass is 31.2. The first kappa shape index (κ1) is 9.07. The van der Waals surface area contributed by atoms with Gasteiger partial charge in [-0.05, 0) is 6.92 Å². The van der Waals surface area contributed by atoms with Gasteiger partial charge < -0.3 is 24.6 Å². The number of hydrogen-bond donors (Lipinski definition) is 1. The van der Waals surface area contributed by atoms with Gasteiger partial charge in [0.25, 0.3) is 0 Å². The van der Waals surface area contributed by atoms with E-state index in [-0.39, 0.29) is 6.54 Å². The van der Waals surface area contributed by atoms with Gasteiger partial charge in [0.15, 0.2) is 0 Å². The molecule has 0 saturated carbocycles. The molecule has 0 aliphatic carbocycles. The average Bonchev–Trinajstić information content (AvgIpc) is 1.62. The van der Waals surface area contributed by atoms with Crippen molar-refractivity contribution < 1.29 is 18.9 Å². The van der Waals surface area contributed by atoms with Gasteiger partial charge in [-0.15, -0.1) is 0 Å². The summed E-state index contributed by atoms with van der Waals surface area (Å²) in [5.41, 5.74) is 4.96. The molecule has 6 heteroatoms. The van der Waals surface area contributed by atoms with E-state index in [1.807, 2.05) is 0 Å². The van der Waals surface area contributed by atoms with Crippen LogP contribution in [-0.2, 0) is 9.09 Å². The molecule has 0 aliphatic rings. The Hall–Kier alpha value is 0.0700. The molecule has 0 fully saturated rings. The maximum absolute atomic E-state index is 9.80. The average molecular weight is 153 g/mol. The molecular formula is C3H8NO4P-2. The van der Waals surface area contributed by atoms with Crippen LogP contribution in [0.15, 0.2) is 0 Å². The van der Waals surface area contributed by atoms with Crippen LogP contribution in [0, 0.1) is 0 Å². The third kappa shape index (κ3) is 5.95. The molecule has 0 saturated heterocycles. The van der Waals surface area contributed by atoms with Crippen molar-refractivity contribution in [2.45, 2.75) is 13.0 Å². The highest BCUT2D eigenvalue weighted by molar-refractivity contribution is 7.43. The highest BCUT2D eigenvalue weighted by Crippen LogP contribution is 2.26. The Kier molecular flexibility index (Phi) is 3.32. The summed E-state index contributed by atoms with van der Waals surface area (Å²) < 4.78 is 13.7. The van der Waals surface area contributed by atoms with E-state index in [9.17, 15) is 14.4 Å².